The molecule has 0 saturated heterocycles. The lowest BCUT2D eigenvalue weighted by Gasteiger charge is -1.99. The number of aromatic hydroxyl groups is 1. The lowest BCUT2D eigenvalue weighted by atomic mass is 10.3. The van der Waals surface area contributed by atoms with Gasteiger partial charge < -0.3 is 10.3 Å². The van der Waals surface area contributed by atoms with Crippen LogP contribution in [-0.4, -0.2) is 15.0 Å². The van der Waals surface area contributed by atoms with Crippen molar-refractivity contribution < 1.29 is 10.3 Å². The summed E-state index contributed by atoms with van der Waals surface area (Å²) in [5.41, 5.74) is -0.317. The van der Waals surface area contributed by atoms with Gasteiger partial charge in [0.15, 0.2) is 0 Å². The highest BCUT2D eigenvalue weighted by Crippen LogP contribution is 2.04. The van der Waals surface area contributed by atoms with Gasteiger partial charge in [0.2, 0.25) is 0 Å². The summed E-state index contributed by atoms with van der Waals surface area (Å²) in [5, 5.41) is 17.6. The second kappa shape index (κ2) is 2.06. The van der Waals surface area contributed by atoms with Crippen molar-refractivity contribution in [2.24, 2.45) is 0 Å². The Morgan fingerprint density at radius 2 is 2.10 bits per heavy atom. The van der Waals surface area contributed by atoms with Gasteiger partial charge in [-0.15, -0.1) is 0 Å². The first-order chi connectivity index (χ1) is 4.61. The predicted octanol–water partition coefficient (Wildman–Crippen LogP) is 0.0996. The average Bonchev–Trinajstić information content (AvgIpc) is 1.82. The number of aryl methyl sites for hydroxylation is 1. The number of pyridine rings is 1. The largest absolute Gasteiger partial charge is 0.508 e. The summed E-state index contributed by atoms with van der Waals surface area (Å²) in [6.45, 7) is 1.52. The van der Waals surface area contributed by atoms with Crippen LogP contribution in [0.3, 0.4) is 0 Å². The van der Waals surface area contributed by atoms with E-state index in [0.717, 1.165) is 6.07 Å². The van der Waals surface area contributed by atoms with Crippen molar-refractivity contribution in [1.82, 2.24) is 4.73 Å². The molecule has 4 nitrogen and oxygen atoms in total. The highest BCUT2D eigenvalue weighted by Gasteiger charge is 1.98. The van der Waals surface area contributed by atoms with Gasteiger partial charge in [-0.2, -0.15) is 4.73 Å². The van der Waals surface area contributed by atoms with E-state index in [4.69, 9.17) is 10.3 Å². The molecule has 0 aliphatic carbocycles. The molecule has 0 radical (unpaired) electrons. The summed E-state index contributed by atoms with van der Waals surface area (Å²) in [7, 11) is 0. The molecule has 0 saturated carbocycles. The van der Waals surface area contributed by atoms with Crippen LogP contribution < -0.4 is 5.56 Å². The van der Waals surface area contributed by atoms with Gasteiger partial charge in [0.1, 0.15) is 5.75 Å². The minimum Gasteiger partial charge on any atom is -0.508 e. The molecule has 1 aromatic heterocycles. The van der Waals surface area contributed by atoms with E-state index >= 15 is 0 Å². The lowest BCUT2D eigenvalue weighted by Crippen LogP contribution is -2.17. The Morgan fingerprint density at radius 1 is 1.50 bits per heavy atom. The molecule has 0 fully saturated rings. The molecular formula is C6H7NO3. The number of hydrogen-bond acceptors (Lipinski definition) is 3. The molecule has 0 aliphatic rings. The summed E-state index contributed by atoms with van der Waals surface area (Å²) < 4.78 is 0.472. The van der Waals surface area contributed by atoms with E-state index < -0.39 is 5.56 Å². The van der Waals surface area contributed by atoms with Gasteiger partial charge in [-0.1, -0.05) is 0 Å². The molecule has 54 valence electrons. The highest BCUT2D eigenvalue weighted by atomic mass is 16.5. The molecule has 2 N–H and O–H groups in total. The summed E-state index contributed by atoms with van der Waals surface area (Å²) in [4.78, 5) is 10.6. The lowest BCUT2D eigenvalue weighted by molar-refractivity contribution is 0.167. The molecule has 0 spiro atoms. The fourth-order valence-corrected chi connectivity index (χ4v) is 0.678. The Kier molecular flexibility index (Phi) is 1.37. The van der Waals surface area contributed by atoms with Gasteiger partial charge in [0, 0.05) is 12.1 Å². The number of hydrogen-bond donors (Lipinski definition) is 2. The van der Waals surface area contributed by atoms with E-state index in [9.17, 15) is 4.79 Å². The van der Waals surface area contributed by atoms with Gasteiger partial charge in [-0.05, 0) is 6.92 Å². The summed E-state index contributed by atoms with van der Waals surface area (Å²) >= 11 is 0. The third kappa shape index (κ3) is 0.953. The first-order valence-corrected chi connectivity index (χ1v) is 2.73. The van der Waals surface area contributed by atoms with Crippen molar-refractivity contribution >= 4 is 0 Å². The molecule has 1 heterocycles. The zero-order valence-corrected chi connectivity index (χ0v) is 5.40. The monoisotopic (exact) mass is 141 g/mol. The third-order valence-corrected chi connectivity index (χ3v) is 1.17. The molecule has 1 rings (SSSR count). The van der Waals surface area contributed by atoms with E-state index in [1.54, 1.807) is 0 Å². The van der Waals surface area contributed by atoms with Crippen LogP contribution in [0.1, 0.15) is 5.69 Å². The van der Waals surface area contributed by atoms with Crippen molar-refractivity contribution in [1.29, 1.82) is 0 Å². The molecule has 0 aromatic carbocycles. The van der Waals surface area contributed by atoms with Gasteiger partial charge in [-0.3, -0.25) is 4.79 Å². The Bertz CT molecular complexity index is 302. The number of nitrogens with zero attached hydrogens (tertiary/aromatic N) is 1. The third-order valence-electron chi connectivity index (χ3n) is 1.17. The second-order valence-electron chi connectivity index (χ2n) is 2.00. The Balaban J connectivity index is 3.46. The molecule has 0 unspecified atom stereocenters. The van der Waals surface area contributed by atoms with Crippen LogP contribution in [0.5, 0.6) is 5.75 Å². The zero-order valence-electron chi connectivity index (χ0n) is 5.40. The fourth-order valence-electron chi connectivity index (χ4n) is 0.678. The van der Waals surface area contributed by atoms with Crippen molar-refractivity contribution in [3.05, 3.63) is 28.2 Å². The maximum absolute atomic E-state index is 10.6. The maximum atomic E-state index is 10.6. The van der Waals surface area contributed by atoms with E-state index in [-0.39, 0.29) is 5.75 Å². The van der Waals surface area contributed by atoms with E-state index in [1.807, 2.05) is 0 Å². The van der Waals surface area contributed by atoms with Crippen molar-refractivity contribution in [3.8, 4) is 5.75 Å². The quantitative estimate of drug-likeness (QED) is 0.503. The SMILES string of the molecule is Cc1cc(O)cc(=O)n1O. The van der Waals surface area contributed by atoms with Gasteiger partial charge in [-0.25, -0.2) is 0 Å². The van der Waals surface area contributed by atoms with Gasteiger partial charge in [0.05, 0.1) is 5.69 Å². The molecule has 4 heteroatoms. The minimum atomic E-state index is -0.627. The highest BCUT2D eigenvalue weighted by molar-refractivity contribution is 5.20. The maximum Gasteiger partial charge on any atom is 0.286 e. The summed E-state index contributed by atoms with van der Waals surface area (Å²) in [6.07, 6.45) is 0. The summed E-state index contributed by atoms with van der Waals surface area (Å²) in [5.74, 6) is -0.132. The van der Waals surface area contributed by atoms with Gasteiger partial charge in [0.25, 0.3) is 5.56 Å². The molecule has 10 heavy (non-hydrogen) atoms. The zero-order chi connectivity index (χ0) is 7.72. The molecule has 0 aliphatic heterocycles. The van der Waals surface area contributed by atoms with Gasteiger partial charge >= 0.3 is 0 Å². The van der Waals surface area contributed by atoms with Crippen LogP contribution in [0.4, 0.5) is 0 Å². The van der Waals surface area contributed by atoms with Crippen molar-refractivity contribution in [2.75, 3.05) is 0 Å². The number of aromatic nitrogens is 1. The van der Waals surface area contributed by atoms with Crippen LogP contribution in [-0.2, 0) is 0 Å². The molecule has 0 atom stereocenters. The Morgan fingerprint density at radius 3 is 2.60 bits per heavy atom. The second-order valence-corrected chi connectivity index (χ2v) is 2.00. The molecule has 0 bridgehead atoms. The Labute approximate surface area is 56.9 Å². The van der Waals surface area contributed by atoms with Crippen LogP contribution >= 0.6 is 0 Å². The average molecular weight is 141 g/mol. The molecule has 0 amide bonds. The molecule has 1 aromatic rings. The summed E-state index contributed by atoms with van der Waals surface area (Å²) in [6, 6.07) is 2.23. The standard InChI is InChI=1S/C6H7NO3/c1-4-2-5(8)3-6(9)7(4)10/h2-3,8,10H,1H3. The van der Waals surface area contributed by atoms with Crippen LogP contribution in [0.2, 0.25) is 0 Å². The first-order valence-electron chi connectivity index (χ1n) is 2.73. The van der Waals surface area contributed by atoms with Crippen molar-refractivity contribution in [3.63, 3.8) is 0 Å². The Hall–Kier alpha value is -1.45. The van der Waals surface area contributed by atoms with E-state index in [2.05, 4.69) is 0 Å². The van der Waals surface area contributed by atoms with Crippen LogP contribution in [0.25, 0.3) is 0 Å². The fraction of sp³-hybridized carbons (Fsp3) is 0.167. The number of rotatable bonds is 0. The molecular weight excluding hydrogens is 134 g/mol. The van der Waals surface area contributed by atoms with E-state index in [1.165, 1.54) is 13.0 Å². The van der Waals surface area contributed by atoms with E-state index in [0.29, 0.717) is 10.4 Å². The van der Waals surface area contributed by atoms with Crippen LogP contribution in [0.15, 0.2) is 16.9 Å². The topological polar surface area (TPSA) is 62.5 Å². The van der Waals surface area contributed by atoms with Crippen molar-refractivity contribution in [2.45, 2.75) is 6.92 Å². The first kappa shape index (κ1) is 6.67. The minimum absolute atomic E-state index is 0.132. The van der Waals surface area contributed by atoms with Crippen LogP contribution in [0, 0.1) is 6.92 Å². The normalized spacial score (nSPS) is 9.70. The predicted molar refractivity (Wildman–Crippen MR) is 34.3 cm³/mol. The smallest absolute Gasteiger partial charge is 0.286 e.